The first-order valence-corrected chi connectivity index (χ1v) is 6.21. The number of hydrogen-bond donors (Lipinski definition) is 1. The van der Waals surface area contributed by atoms with Crippen molar-refractivity contribution in [3.63, 3.8) is 0 Å². The van der Waals surface area contributed by atoms with Crippen molar-refractivity contribution in [1.29, 1.82) is 0 Å². The van der Waals surface area contributed by atoms with E-state index in [-0.39, 0.29) is 0 Å². The number of nitrogens with two attached hydrogens (primary N) is 1. The van der Waals surface area contributed by atoms with Crippen molar-refractivity contribution >= 4 is 23.0 Å². The highest BCUT2D eigenvalue weighted by Crippen LogP contribution is 2.16. The van der Waals surface area contributed by atoms with Gasteiger partial charge < -0.3 is 15.5 Å². The van der Waals surface area contributed by atoms with E-state index >= 15 is 0 Å². The third kappa shape index (κ3) is 2.70. The lowest BCUT2D eigenvalue weighted by molar-refractivity contribution is 0.270. The Morgan fingerprint density at radius 2 is 1.94 bits per heavy atom. The van der Waals surface area contributed by atoms with Crippen molar-refractivity contribution in [3.05, 3.63) is 18.1 Å². The summed E-state index contributed by atoms with van der Waals surface area (Å²) in [4.78, 5) is 13.5. The minimum atomic E-state index is 0.311. The van der Waals surface area contributed by atoms with Crippen LogP contribution in [0.25, 0.3) is 0 Å². The van der Waals surface area contributed by atoms with Crippen LogP contribution in [0.4, 0.5) is 5.82 Å². The molecule has 0 aromatic carbocycles. The van der Waals surface area contributed by atoms with Crippen LogP contribution < -0.4 is 10.6 Å². The van der Waals surface area contributed by atoms with E-state index in [0.717, 1.165) is 38.5 Å². The molecule has 1 aromatic rings. The van der Waals surface area contributed by atoms with Crippen LogP contribution in [0.5, 0.6) is 0 Å². The minimum Gasteiger partial charge on any atom is -0.388 e. The Morgan fingerprint density at radius 1 is 1.29 bits per heavy atom. The number of nitrogens with zero attached hydrogens (tertiary/aromatic N) is 4. The molecule has 2 N–H and O–H groups in total. The molecule has 2 heterocycles. The Kier molecular flexibility index (Phi) is 3.86. The fraction of sp³-hybridized carbons (Fsp3) is 0.545. The zero-order valence-electron chi connectivity index (χ0n) is 9.96. The van der Waals surface area contributed by atoms with E-state index in [4.69, 9.17) is 18.0 Å². The van der Waals surface area contributed by atoms with Gasteiger partial charge in [-0.05, 0) is 6.54 Å². The first-order chi connectivity index (χ1) is 8.22. The van der Waals surface area contributed by atoms with Gasteiger partial charge in [0.2, 0.25) is 0 Å². The molecule has 1 aliphatic rings. The molecular weight excluding hydrogens is 234 g/mol. The maximum absolute atomic E-state index is 5.67. The second-order valence-electron chi connectivity index (χ2n) is 4.01. The number of piperazine rings is 1. The molecule has 1 fully saturated rings. The molecular formula is C11H17N5S. The second kappa shape index (κ2) is 5.37. The molecule has 92 valence electrons. The highest BCUT2D eigenvalue weighted by Gasteiger charge is 2.20. The van der Waals surface area contributed by atoms with Crippen LogP contribution in [-0.2, 0) is 0 Å². The second-order valence-corrected chi connectivity index (χ2v) is 4.45. The fourth-order valence-corrected chi connectivity index (χ4v) is 2.16. The average molecular weight is 251 g/mol. The highest BCUT2D eigenvalue weighted by molar-refractivity contribution is 7.80. The van der Waals surface area contributed by atoms with E-state index in [0.29, 0.717) is 10.7 Å². The lowest BCUT2D eigenvalue weighted by Crippen LogP contribution is -2.47. The van der Waals surface area contributed by atoms with E-state index in [1.54, 1.807) is 12.4 Å². The number of thiocarbonyl (C=S) groups is 1. The van der Waals surface area contributed by atoms with Crippen molar-refractivity contribution in [2.75, 3.05) is 37.6 Å². The van der Waals surface area contributed by atoms with Gasteiger partial charge in [-0.3, -0.25) is 0 Å². The molecule has 17 heavy (non-hydrogen) atoms. The van der Waals surface area contributed by atoms with Gasteiger partial charge in [0.25, 0.3) is 0 Å². The Morgan fingerprint density at radius 3 is 2.53 bits per heavy atom. The predicted molar refractivity (Wildman–Crippen MR) is 72.2 cm³/mol. The molecule has 0 atom stereocenters. The lowest BCUT2D eigenvalue weighted by atomic mass is 10.3. The van der Waals surface area contributed by atoms with Gasteiger partial charge in [-0.1, -0.05) is 19.1 Å². The maximum Gasteiger partial charge on any atom is 0.157 e. The Balaban J connectivity index is 2.15. The summed E-state index contributed by atoms with van der Waals surface area (Å²) in [7, 11) is 0. The molecule has 0 bridgehead atoms. The summed E-state index contributed by atoms with van der Waals surface area (Å²) in [6.07, 6.45) is 3.31. The van der Waals surface area contributed by atoms with Crippen LogP contribution >= 0.6 is 12.2 Å². The fourth-order valence-electron chi connectivity index (χ4n) is 2.01. The lowest BCUT2D eigenvalue weighted by Gasteiger charge is -2.35. The summed E-state index contributed by atoms with van der Waals surface area (Å²) in [5, 5.41) is 0. The van der Waals surface area contributed by atoms with E-state index in [2.05, 4.69) is 26.7 Å². The normalized spacial score (nSPS) is 17.1. The van der Waals surface area contributed by atoms with Gasteiger partial charge in [0, 0.05) is 38.6 Å². The molecule has 6 heteroatoms. The molecule has 0 spiro atoms. The van der Waals surface area contributed by atoms with E-state index in [9.17, 15) is 0 Å². The van der Waals surface area contributed by atoms with Crippen LogP contribution in [0, 0.1) is 0 Å². The SMILES string of the molecule is CCN1CCN(c2nccnc2C(N)=S)CC1. The summed E-state index contributed by atoms with van der Waals surface area (Å²) in [5.41, 5.74) is 6.30. The zero-order valence-corrected chi connectivity index (χ0v) is 10.8. The molecule has 1 saturated heterocycles. The van der Waals surface area contributed by atoms with E-state index in [1.165, 1.54) is 0 Å². The van der Waals surface area contributed by atoms with Gasteiger partial charge in [-0.2, -0.15) is 0 Å². The van der Waals surface area contributed by atoms with E-state index < -0.39 is 0 Å². The number of aromatic nitrogens is 2. The van der Waals surface area contributed by atoms with Crippen molar-refractivity contribution in [2.45, 2.75) is 6.92 Å². The molecule has 0 unspecified atom stereocenters. The largest absolute Gasteiger partial charge is 0.388 e. The van der Waals surface area contributed by atoms with Crippen LogP contribution in [0.15, 0.2) is 12.4 Å². The number of anilines is 1. The molecule has 1 aromatic heterocycles. The standard InChI is InChI=1S/C11H17N5S/c1-2-15-5-7-16(8-6-15)11-9(10(12)17)13-3-4-14-11/h3-4H,2,5-8H2,1H3,(H2,12,17). The summed E-state index contributed by atoms with van der Waals surface area (Å²) >= 11 is 5.00. The number of hydrogen-bond acceptors (Lipinski definition) is 5. The molecule has 5 nitrogen and oxygen atoms in total. The topological polar surface area (TPSA) is 58.3 Å². The monoisotopic (exact) mass is 251 g/mol. The quantitative estimate of drug-likeness (QED) is 0.777. The molecule has 0 amide bonds. The van der Waals surface area contributed by atoms with Gasteiger partial charge in [-0.15, -0.1) is 0 Å². The van der Waals surface area contributed by atoms with Gasteiger partial charge in [0.05, 0.1) is 0 Å². The predicted octanol–water partition coefficient (Wildman–Crippen LogP) is 0.253. The molecule has 0 radical (unpaired) electrons. The zero-order chi connectivity index (χ0) is 12.3. The van der Waals surface area contributed by atoms with Crippen LogP contribution in [0.2, 0.25) is 0 Å². The van der Waals surface area contributed by atoms with Crippen LogP contribution in [0.3, 0.4) is 0 Å². The Labute approximate surface area is 107 Å². The van der Waals surface area contributed by atoms with Gasteiger partial charge >= 0.3 is 0 Å². The minimum absolute atomic E-state index is 0.311. The summed E-state index contributed by atoms with van der Waals surface area (Å²) in [6.45, 7) is 7.26. The first kappa shape index (κ1) is 12.2. The summed E-state index contributed by atoms with van der Waals surface area (Å²) in [6, 6.07) is 0. The van der Waals surface area contributed by atoms with E-state index in [1.807, 2.05) is 0 Å². The summed E-state index contributed by atoms with van der Waals surface area (Å²) in [5.74, 6) is 0.816. The Bertz CT molecular complexity index is 401. The molecule has 1 aliphatic heterocycles. The van der Waals surface area contributed by atoms with Crippen molar-refractivity contribution < 1.29 is 0 Å². The average Bonchev–Trinajstić information content (AvgIpc) is 2.39. The highest BCUT2D eigenvalue weighted by atomic mass is 32.1. The van der Waals surface area contributed by atoms with Crippen LogP contribution in [-0.4, -0.2) is 52.6 Å². The van der Waals surface area contributed by atoms with Crippen molar-refractivity contribution in [2.24, 2.45) is 5.73 Å². The molecule has 0 saturated carbocycles. The maximum atomic E-state index is 5.67. The smallest absolute Gasteiger partial charge is 0.157 e. The molecule has 0 aliphatic carbocycles. The van der Waals surface area contributed by atoms with Gasteiger partial charge in [0.1, 0.15) is 10.7 Å². The molecule has 2 rings (SSSR count). The Hall–Kier alpha value is -1.27. The van der Waals surface area contributed by atoms with Crippen molar-refractivity contribution in [1.82, 2.24) is 14.9 Å². The van der Waals surface area contributed by atoms with Gasteiger partial charge in [0.15, 0.2) is 5.82 Å². The third-order valence-corrected chi connectivity index (χ3v) is 3.22. The number of rotatable bonds is 3. The number of likely N-dealkylation sites (N-methyl/N-ethyl adjacent to an activating group) is 1. The third-order valence-electron chi connectivity index (χ3n) is 3.03. The van der Waals surface area contributed by atoms with Gasteiger partial charge in [-0.25, -0.2) is 9.97 Å². The first-order valence-electron chi connectivity index (χ1n) is 5.80. The summed E-state index contributed by atoms with van der Waals surface area (Å²) < 4.78 is 0. The van der Waals surface area contributed by atoms with Crippen molar-refractivity contribution in [3.8, 4) is 0 Å². The van der Waals surface area contributed by atoms with Crippen LogP contribution in [0.1, 0.15) is 12.6 Å².